The number of nitrogens with zero attached hydrogens (tertiary/aromatic N) is 1. The third-order valence-corrected chi connectivity index (χ3v) is 6.59. The Labute approximate surface area is 174 Å². The van der Waals surface area contributed by atoms with Gasteiger partial charge < -0.3 is 9.15 Å². The van der Waals surface area contributed by atoms with Crippen LogP contribution < -0.4 is 5.43 Å². The number of benzene rings is 1. The summed E-state index contributed by atoms with van der Waals surface area (Å²) in [6.45, 7) is 2.21. The van der Waals surface area contributed by atoms with Gasteiger partial charge in [0.1, 0.15) is 11.5 Å². The van der Waals surface area contributed by atoms with E-state index in [1.807, 2.05) is 0 Å². The normalized spacial score (nSPS) is 25.5. The van der Waals surface area contributed by atoms with Gasteiger partial charge in [0.25, 0.3) is 0 Å². The third kappa shape index (κ3) is 3.69. The molecule has 0 unspecified atom stereocenters. The maximum Gasteiger partial charge on any atom is 0.339 e. The fourth-order valence-corrected chi connectivity index (χ4v) is 4.80. The molecule has 2 aliphatic rings. The maximum absolute atomic E-state index is 12.4. The highest BCUT2D eigenvalue weighted by Gasteiger charge is 2.64. The average molecular weight is 415 g/mol. The number of hydrogen-bond acceptors (Lipinski definition) is 5. The Morgan fingerprint density at radius 1 is 1.31 bits per heavy atom. The summed E-state index contributed by atoms with van der Waals surface area (Å²) < 4.78 is 10.5. The van der Waals surface area contributed by atoms with Crippen molar-refractivity contribution in [3.05, 3.63) is 46.7 Å². The number of furan rings is 1. The zero-order valence-corrected chi connectivity index (χ0v) is 17.2. The van der Waals surface area contributed by atoms with Gasteiger partial charge >= 0.3 is 5.97 Å². The third-order valence-electron chi connectivity index (χ3n) is 6.26. The van der Waals surface area contributed by atoms with Crippen molar-refractivity contribution in [2.75, 3.05) is 7.11 Å². The number of esters is 1. The summed E-state index contributed by atoms with van der Waals surface area (Å²) in [6, 6.07) is 8.51. The maximum atomic E-state index is 12.4. The van der Waals surface area contributed by atoms with Gasteiger partial charge in [0, 0.05) is 11.5 Å². The lowest BCUT2D eigenvalue weighted by molar-refractivity contribution is -0.123. The molecule has 1 aromatic heterocycles. The molecule has 1 aromatic carbocycles. The lowest BCUT2D eigenvalue weighted by atomic mass is 9.90. The molecular weight excluding hydrogens is 392 g/mol. The minimum absolute atomic E-state index is 0.0112. The second kappa shape index (κ2) is 7.67. The number of carbonyl (C=O) groups is 2. The van der Waals surface area contributed by atoms with E-state index < -0.39 is 5.97 Å². The van der Waals surface area contributed by atoms with Crippen LogP contribution in [-0.2, 0) is 9.53 Å². The van der Waals surface area contributed by atoms with Crippen molar-refractivity contribution in [3.63, 3.8) is 0 Å². The van der Waals surface area contributed by atoms with Gasteiger partial charge in [-0.3, -0.25) is 4.79 Å². The molecular formula is C22H23ClN2O4. The summed E-state index contributed by atoms with van der Waals surface area (Å²) in [5, 5.41) is 4.37. The van der Waals surface area contributed by atoms with Crippen molar-refractivity contribution < 1.29 is 18.7 Å². The van der Waals surface area contributed by atoms with E-state index in [4.69, 9.17) is 20.8 Å². The summed E-state index contributed by atoms with van der Waals surface area (Å²) in [6.07, 6.45) is 6.15. The van der Waals surface area contributed by atoms with Gasteiger partial charge in [-0.05, 0) is 54.5 Å². The van der Waals surface area contributed by atoms with Crippen molar-refractivity contribution in [2.24, 2.45) is 22.4 Å². The standard InChI is InChI=1S/C22H23ClN2O4/c1-22-10-4-3-5-16(22)19(22)20(26)25-24-12-14-7-9-18(29-14)13-6-8-17(23)15(11-13)21(27)28-2/h6-9,11-12,16,19H,3-5,10H2,1-2H3,(H,25,26)/b24-12-/t16-,19+,22-/m1/s1. The topological polar surface area (TPSA) is 80.9 Å². The lowest BCUT2D eigenvalue weighted by Crippen LogP contribution is -2.22. The predicted octanol–water partition coefficient (Wildman–Crippen LogP) is 4.66. The van der Waals surface area contributed by atoms with Crippen LogP contribution in [0.2, 0.25) is 5.02 Å². The van der Waals surface area contributed by atoms with E-state index in [0.29, 0.717) is 28.0 Å². The van der Waals surface area contributed by atoms with Crippen molar-refractivity contribution >= 4 is 29.7 Å². The van der Waals surface area contributed by atoms with E-state index in [9.17, 15) is 9.59 Å². The van der Waals surface area contributed by atoms with Crippen LogP contribution in [-0.4, -0.2) is 25.2 Å². The monoisotopic (exact) mass is 414 g/mol. The largest absolute Gasteiger partial charge is 0.465 e. The van der Waals surface area contributed by atoms with Crippen LogP contribution in [0, 0.1) is 17.3 Å². The summed E-state index contributed by atoms with van der Waals surface area (Å²) in [5.74, 6) is 1.09. The molecule has 1 heterocycles. The van der Waals surface area contributed by atoms with Crippen LogP contribution in [0.3, 0.4) is 0 Å². The molecule has 29 heavy (non-hydrogen) atoms. The zero-order chi connectivity index (χ0) is 20.6. The van der Waals surface area contributed by atoms with Crippen LogP contribution in [0.25, 0.3) is 11.3 Å². The number of halogens is 1. The first-order valence-corrected chi connectivity index (χ1v) is 10.1. The average Bonchev–Trinajstić information content (AvgIpc) is 3.08. The molecule has 6 nitrogen and oxygen atoms in total. The lowest BCUT2D eigenvalue weighted by Gasteiger charge is -2.15. The summed E-state index contributed by atoms with van der Waals surface area (Å²) >= 11 is 6.05. The first kappa shape index (κ1) is 19.7. The van der Waals surface area contributed by atoms with Crippen LogP contribution in [0.5, 0.6) is 0 Å². The van der Waals surface area contributed by atoms with Gasteiger partial charge in [-0.1, -0.05) is 31.4 Å². The van der Waals surface area contributed by atoms with Gasteiger partial charge in [-0.15, -0.1) is 0 Å². The summed E-state index contributed by atoms with van der Waals surface area (Å²) in [7, 11) is 1.30. The second-order valence-electron chi connectivity index (χ2n) is 7.96. The van der Waals surface area contributed by atoms with Crippen LogP contribution in [0.4, 0.5) is 0 Å². The summed E-state index contributed by atoms with van der Waals surface area (Å²) in [4.78, 5) is 24.2. The van der Waals surface area contributed by atoms with Gasteiger partial charge in [0.05, 0.1) is 23.9 Å². The SMILES string of the molecule is COC(=O)c1cc(-c2ccc(/C=N\NC(=O)[C@@H]3[C@H]4CCCC[C@]43C)o2)ccc1Cl. The molecule has 4 rings (SSSR count). The molecule has 2 fully saturated rings. The first-order chi connectivity index (χ1) is 13.9. The Balaban J connectivity index is 1.41. The van der Waals surface area contributed by atoms with Crippen molar-refractivity contribution in [1.29, 1.82) is 0 Å². The highest BCUT2D eigenvalue weighted by molar-refractivity contribution is 6.33. The minimum Gasteiger partial charge on any atom is -0.465 e. The van der Waals surface area contributed by atoms with E-state index in [-0.39, 0.29) is 22.8 Å². The molecule has 0 saturated heterocycles. The van der Waals surface area contributed by atoms with E-state index in [2.05, 4.69) is 17.5 Å². The number of ether oxygens (including phenoxy) is 1. The zero-order valence-electron chi connectivity index (χ0n) is 16.4. The summed E-state index contributed by atoms with van der Waals surface area (Å²) in [5.41, 5.74) is 3.77. The van der Waals surface area contributed by atoms with Crippen molar-refractivity contribution in [3.8, 4) is 11.3 Å². The fourth-order valence-electron chi connectivity index (χ4n) is 4.60. The number of methoxy groups -OCH3 is 1. The highest BCUT2D eigenvalue weighted by Crippen LogP contribution is 2.66. The van der Waals surface area contributed by atoms with E-state index >= 15 is 0 Å². The van der Waals surface area contributed by atoms with Gasteiger partial charge in [0.2, 0.25) is 5.91 Å². The fraction of sp³-hybridized carbons (Fsp3) is 0.409. The predicted molar refractivity (Wildman–Crippen MR) is 110 cm³/mol. The number of amides is 1. The Morgan fingerprint density at radius 3 is 2.86 bits per heavy atom. The second-order valence-corrected chi connectivity index (χ2v) is 8.37. The van der Waals surface area contributed by atoms with Gasteiger partial charge in [-0.2, -0.15) is 5.10 Å². The van der Waals surface area contributed by atoms with Crippen molar-refractivity contribution in [1.82, 2.24) is 5.43 Å². The Bertz CT molecular complexity index is 983. The number of fused-ring (bicyclic) bond motifs is 1. The van der Waals surface area contributed by atoms with E-state index in [0.717, 1.165) is 12.8 Å². The van der Waals surface area contributed by atoms with Crippen LogP contribution in [0.1, 0.15) is 48.7 Å². The highest BCUT2D eigenvalue weighted by atomic mass is 35.5. The van der Waals surface area contributed by atoms with Crippen LogP contribution in [0.15, 0.2) is 39.9 Å². The number of hydrogen-bond donors (Lipinski definition) is 1. The molecule has 0 bridgehead atoms. The molecule has 3 atom stereocenters. The molecule has 7 heteroatoms. The van der Waals surface area contributed by atoms with Crippen LogP contribution >= 0.6 is 11.6 Å². The Morgan fingerprint density at radius 2 is 2.14 bits per heavy atom. The smallest absolute Gasteiger partial charge is 0.339 e. The number of rotatable bonds is 5. The minimum atomic E-state index is -0.512. The molecule has 0 spiro atoms. The molecule has 1 amide bonds. The van der Waals surface area contributed by atoms with E-state index in [1.54, 1.807) is 30.3 Å². The van der Waals surface area contributed by atoms with Gasteiger partial charge in [0.15, 0.2) is 0 Å². The molecule has 152 valence electrons. The Hall–Kier alpha value is -2.60. The van der Waals surface area contributed by atoms with Crippen molar-refractivity contribution in [2.45, 2.75) is 32.6 Å². The quantitative estimate of drug-likeness (QED) is 0.438. The number of hydrazone groups is 1. The first-order valence-electron chi connectivity index (χ1n) is 9.75. The van der Waals surface area contributed by atoms with E-state index in [1.165, 1.54) is 26.2 Å². The Kier molecular flexibility index (Phi) is 5.21. The number of nitrogens with one attached hydrogen (secondary N) is 1. The molecule has 0 aliphatic heterocycles. The molecule has 2 aliphatic carbocycles. The molecule has 0 radical (unpaired) electrons. The van der Waals surface area contributed by atoms with Gasteiger partial charge in [-0.25, -0.2) is 10.2 Å². The molecule has 2 aromatic rings. The molecule has 1 N–H and O–H groups in total. The number of carbonyl (C=O) groups excluding carboxylic acids is 2. The molecule has 2 saturated carbocycles.